The minimum atomic E-state index is -0.901. The van der Waals surface area contributed by atoms with Crippen LogP contribution in [0, 0.1) is 0 Å². The molecule has 2 aromatic carbocycles. The molecule has 1 heterocycles. The molecule has 1 amide bonds. The molecule has 24 heavy (non-hydrogen) atoms. The number of aliphatic carboxylic acids is 1. The molecule has 6 heteroatoms. The van der Waals surface area contributed by atoms with Gasteiger partial charge in [-0.15, -0.1) is 0 Å². The largest absolute Gasteiger partial charge is 0.481 e. The van der Waals surface area contributed by atoms with E-state index in [1.807, 2.05) is 12.1 Å². The van der Waals surface area contributed by atoms with Gasteiger partial charge in [0.1, 0.15) is 5.69 Å². The molecule has 0 aliphatic carbocycles. The first-order valence-electron chi connectivity index (χ1n) is 7.20. The van der Waals surface area contributed by atoms with E-state index in [2.05, 4.69) is 10.3 Å². The molecule has 5 nitrogen and oxygen atoms in total. The molecule has 0 spiro atoms. The Morgan fingerprint density at radius 2 is 1.83 bits per heavy atom. The molecule has 0 aliphatic heterocycles. The third-order valence-electron chi connectivity index (χ3n) is 3.52. The van der Waals surface area contributed by atoms with Gasteiger partial charge in [0.15, 0.2) is 0 Å². The van der Waals surface area contributed by atoms with E-state index in [0.29, 0.717) is 21.7 Å². The Bertz CT molecular complexity index is 918. The second kappa shape index (κ2) is 6.68. The summed E-state index contributed by atoms with van der Waals surface area (Å²) in [7, 11) is 0. The van der Waals surface area contributed by atoms with Crippen LogP contribution in [0.4, 0.5) is 5.69 Å². The predicted molar refractivity (Wildman–Crippen MR) is 92.5 cm³/mol. The molecular formula is C18H13ClN2O3. The van der Waals surface area contributed by atoms with Crippen molar-refractivity contribution in [1.82, 2.24) is 4.98 Å². The molecule has 0 fully saturated rings. The van der Waals surface area contributed by atoms with Crippen molar-refractivity contribution in [2.45, 2.75) is 6.42 Å². The maximum Gasteiger partial charge on any atom is 0.307 e. The summed E-state index contributed by atoms with van der Waals surface area (Å²) >= 11 is 6.20. The Morgan fingerprint density at radius 1 is 1.08 bits per heavy atom. The van der Waals surface area contributed by atoms with Gasteiger partial charge >= 0.3 is 5.97 Å². The number of fused-ring (bicyclic) bond motifs is 1. The number of benzene rings is 2. The van der Waals surface area contributed by atoms with Crippen LogP contribution in [0.25, 0.3) is 10.8 Å². The van der Waals surface area contributed by atoms with Crippen molar-refractivity contribution in [2.75, 3.05) is 5.32 Å². The monoisotopic (exact) mass is 340 g/mol. The van der Waals surface area contributed by atoms with Crippen molar-refractivity contribution in [2.24, 2.45) is 0 Å². The van der Waals surface area contributed by atoms with Crippen molar-refractivity contribution in [3.8, 4) is 0 Å². The second-order valence-corrected chi connectivity index (χ2v) is 5.63. The first kappa shape index (κ1) is 16.0. The predicted octanol–water partition coefficient (Wildman–Crippen LogP) is 3.77. The number of pyridine rings is 1. The van der Waals surface area contributed by atoms with Gasteiger partial charge in [0.2, 0.25) is 0 Å². The lowest BCUT2D eigenvalue weighted by Gasteiger charge is -2.09. The van der Waals surface area contributed by atoms with Crippen molar-refractivity contribution < 1.29 is 14.7 Å². The summed E-state index contributed by atoms with van der Waals surface area (Å²) in [6, 6.07) is 13.8. The first-order valence-corrected chi connectivity index (χ1v) is 7.58. The van der Waals surface area contributed by atoms with E-state index in [1.165, 1.54) is 0 Å². The molecule has 0 radical (unpaired) electrons. The average Bonchev–Trinajstić information content (AvgIpc) is 2.56. The van der Waals surface area contributed by atoms with E-state index >= 15 is 0 Å². The summed E-state index contributed by atoms with van der Waals surface area (Å²) in [5.41, 5.74) is 1.46. The van der Waals surface area contributed by atoms with Crippen LogP contribution in [0.2, 0.25) is 5.02 Å². The number of carboxylic acids is 1. The summed E-state index contributed by atoms with van der Waals surface area (Å²) in [5, 5.41) is 13.4. The van der Waals surface area contributed by atoms with E-state index in [0.717, 1.165) is 5.39 Å². The van der Waals surface area contributed by atoms with Crippen molar-refractivity contribution >= 4 is 39.9 Å². The molecule has 3 aromatic rings. The van der Waals surface area contributed by atoms with E-state index in [1.54, 1.807) is 42.6 Å². The molecule has 120 valence electrons. The molecule has 0 bridgehead atoms. The number of rotatable bonds is 4. The minimum Gasteiger partial charge on any atom is -0.481 e. The lowest BCUT2D eigenvalue weighted by molar-refractivity contribution is -0.136. The first-order chi connectivity index (χ1) is 11.5. The number of halogens is 1. The number of nitrogens with zero attached hydrogens (tertiary/aromatic N) is 1. The summed E-state index contributed by atoms with van der Waals surface area (Å²) in [4.78, 5) is 27.3. The molecule has 3 rings (SSSR count). The number of aromatic nitrogens is 1. The van der Waals surface area contributed by atoms with Crippen LogP contribution in [0.3, 0.4) is 0 Å². The van der Waals surface area contributed by atoms with Crippen molar-refractivity contribution in [1.29, 1.82) is 0 Å². The highest BCUT2D eigenvalue weighted by Crippen LogP contribution is 2.26. The Morgan fingerprint density at radius 3 is 2.54 bits per heavy atom. The van der Waals surface area contributed by atoms with Crippen LogP contribution in [-0.2, 0) is 11.2 Å². The molecular weight excluding hydrogens is 328 g/mol. The zero-order chi connectivity index (χ0) is 17.1. The van der Waals surface area contributed by atoms with Crippen LogP contribution >= 0.6 is 11.6 Å². The zero-order valence-electron chi connectivity index (χ0n) is 12.5. The quantitative estimate of drug-likeness (QED) is 0.757. The number of hydrogen-bond acceptors (Lipinski definition) is 3. The molecule has 0 saturated heterocycles. The lowest BCUT2D eigenvalue weighted by Crippen LogP contribution is -2.14. The van der Waals surface area contributed by atoms with Gasteiger partial charge in [-0.1, -0.05) is 35.9 Å². The van der Waals surface area contributed by atoms with Crippen LogP contribution in [0.15, 0.2) is 54.7 Å². The molecule has 0 aliphatic rings. The number of anilines is 1. The van der Waals surface area contributed by atoms with Crippen molar-refractivity contribution in [3.05, 3.63) is 71.0 Å². The summed E-state index contributed by atoms with van der Waals surface area (Å²) < 4.78 is 0. The highest BCUT2D eigenvalue weighted by atomic mass is 35.5. The normalized spacial score (nSPS) is 10.5. The fraction of sp³-hybridized carbons (Fsp3) is 0.0556. The Hall–Kier alpha value is -2.92. The Balaban J connectivity index is 1.87. The van der Waals surface area contributed by atoms with Gasteiger partial charge in [-0.25, -0.2) is 0 Å². The smallest absolute Gasteiger partial charge is 0.307 e. The fourth-order valence-electron chi connectivity index (χ4n) is 2.43. The standard InChI is InChI=1S/C18H13ClN2O3/c19-14-3-1-2-12-8-9-20-17(16(12)14)18(24)21-13-6-4-11(5-7-13)10-15(22)23/h1-9H,10H2,(H,21,24)(H,22,23). The Labute approximate surface area is 142 Å². The topological polar surface area (TPSA) is 79.3 Å². The summed E-state index contributed by atoms with van der Waals surface area (Å²) in [6.07, 6.45) is 1.50. The van der Waals surface area contributed by atoms with Gasteiger partial charge in [0.05, 0.1) is 11.4 Å². The third kappa shape index (κ3) is 3.36. The van der Waals surface area contributed by atoms with Gasteiger partial charge in [0.25, 0.3) is 5.91 Å². The number of nitrogens with one attached hydrogen (secondary N) is 1. The van der Waals surface area contributed by atoms with Crippen LogP contribution in [0.1, 0.15) is 16.1 Å². The molecule has 2 N–H and O–H groups in total. The highest BCUT2D eigenvalue weighted by Gasteiger charge is 2.14. The molecule has 0 unspecified atom stereocenters. The third-order valence-corrected chi connectivity index (χ3v) is 3.84. The van der Waals surface area contributed by atoms with E-state index in [9.17, 15) is 9.59 Å². The SMILES string of the molecule is O=C(O)Cc1ccc(NC(=O)c2nccc3cccc(Cl)c23)cc1. The Kier molecular flexibility index (Phi) is 4.44. The number of carboxylic acid groups (broad SMARTS) is 1. The van der Waals surface area contributed by atoms with Gasteiger partial charge < -0.3 is 10.4 Å². The average molecular weight is 341 g/mol. The summed E-state index contributed by atoms with van der Waals surface area (Å²) in [5.74, 6) is -1.28. The maximum absolute atomic E-state index is 12.5. The highest BCUT2D eigenvalue weighted by molar-refractivity contribution is 6.37. The van der Waals surface area contributed by atoms with E-state index < -0.39 is 5.97 Å². The lowest BCUT2D eigenvalue weighted by atomic mass is 10.1. The van der Waals surface area contributed by atoms with Gasteiger partial charge in [0, 0.05) is 17.3 Å². The molecule has 0 atom stereocenters. The molecule has 1 aromatic heterocycles. The van der Waals surface area contributed by atoms with Gasteiger partial charge in [-0.05, 0) is 35.2 Å². The minimum absolute atomic E-state index is 0.0608. The maximum atomic E-state index is 12.5. The van der Waals surface area contributed by atoms with Crippen LogP contribution in [-0.4, -0.2) is 22.0 Å². The number of carbonyl (C=O) groups excluding carboxylic acids is 1. The van der Waals surface area contributed by atoms with E-state index in [-0.39, 0.29) is 18.0 Å². The van der Waals surface area contributed by atoms with Crippen molar-refractivity contribution in [3.63, 3.8) is 0 Å². The second-order valence-electron chi connectivity index (χ2n) is 5.22. The molecule has 0 saturated carbocycles. The van der Waals surface area contributed by atoms with Crippen LogP contribution in [0.5, 0.6) is 0 Å². The number of carbonyl (C=O) groups is 2. The number of hydrogen-bond donors (Lipinski definition) is 2. The van der Waals surface area contributed by atoms with E-state index in [4.69, 9.17) is 16.7 Å². The zero-order valence-corrected chi connectivity index (χ0v) is 13.2. The van der Waals surface area contributed by atoms with Crippen LogP contribution < -0.4 is 5.32 Å². The fourth-order valence-corrected chi connectivity index (χ4v) is 2.70. The summed E-state index contributed by atoms with van der Waals surface area (Å²) in [6.45, 7) is 0. The van der Waals surface area contributed by atoms with Gasteiger partial charge in [-0.3, -0.25) is 14.6 Å². The van der Waals surface area contributed by atoms with Gasteiger partial charge in [-0.2, -0.15) is 0 Å². The number of amides is 1.